The van der Waals surface area contributed by atoms with Gasteiger partial charge in [0.2, 0.25) is 10.0 Å². The summed E-state index contributed by atoms with van der Waals surface area (Å²) in [6.45, 7) is 3.37. The van der Waals surface area contributed by atoms with Crippen LogP contribution in [0.25, 0.3) is 0 Å². The highest BCUT2D eigenvalue weighted by atomic mass is 32.2. The topological polar surface area (TPSA) is 63.4 Å². The highest BCUT2D eigenvalue weighted by molar-refractivity contribution is 7.89. The molecule has 2 rings (SSSR count). The van der Waals surface area contributed by atoms with Crippen molar-refractivity contribution in [3.63, 3.8) is 0 Å². The van der Waals surface area contributed by atoms with E-state index in [0.717, 1.165) is 44.1 Å². The number of sulfonamides is 1. The lowest BCUT2D eigenvalue weighted by molar-refractivity contribution is 0.246. The molecule has 1 unspecified atom stereocenters. The molecule has 1 fully saturated rings. The number of benzene rings is 1. The van der Waals surface area contributed by atoms with E-state index in [1.165, 1.54) is 0 Å². The molecule has 1 saturated heterocycles. The van der Waals surface area contributed by atoms with E-state index in [9.17, 15) is 8.42 Å². The third kappa shape index (κ3) is 3.84. The average molecular weight is 310 g/mol. The van der Waals surface area contributed by atoms with Gasteiger partial charge in [0.1, 0.15) is 0 Å². The van der Waals surface area contributed by atoms with E-state index in [-0.39, 0.29) is 6.04 Å². The summed E-state index contributed by atoms with van der Waals surface area (Å²) in [6.07, 6.45) is 5.78. The van der Waals surface area contributed by atoms with Gasteiger partial charge in [-0.1, -0.05) is 25.5 Å². The van der Waals surface area contributed by atoms with Crippen LogP contribution in [0.15, 0.2) is 29.2 Å². The number of hydrogen-bond donors (Lipinski definition) is 1. The monoisotopic (exact) mass is 310 g/mol. The summed E-state index contributed by atoms with van der Waals surface area (Å²) in [5.41, 5.74) is 6.64. The third-order valence-corrected chi connectivity index (χ3v) is 6.21. The molecule has 0 aromatic heterocycles. The van der Waals surface area contributed by atoms with Crippen LogP contribution < -0.4 is 5.73 Å². The van der Waals surface area contributed by atoms with Gasteiger partial charge in [-0.3, -0.25) is 0 Å². The summed E-state index contributed by atoms with van der Waals surface area (Å²) >= 11 is 0. The van der Waals surface area contributed by atoms with Gasteiger partial charge in [0, 0.05) is 12.6 Å². The van der Waals surface area contributed by atoms with Crippen molar-refractivity contribution in [2.75, 3.05) is 13.1 Å². The Morgan fingerprint density at radius 3 is 2.57 bits per heavy atom. The number of hydrogen-bond acceptors (Lipinski definition) is 3. The highest BCUT2D eigenvalue weighted by Crippen LogP contribution is 2.27. The van der Waals surface area contributed by atoms with Crippen LogP contribution in [0.4, 0.5) is 0 Å². The first-order valence-corrected chi connectivity index (χ1v) is 9.34. The fraction of sp³-hybridized carbons (Fsp3) is 0.625. The Balaban J connectivity index is 2.18. The van der Waals surface area contributed by atoms with Crippen LogP contribution in [0, 0.1) is 0 Å². The van der Waals surface area contributed by atoms with Crippen LogP contribution in [-0.2, 0) is 16.4 Å². The average Bonchev–Trinajstić information content (AvgIpc) is 2.53. The summed E-state index contributed by atoms with van der Waals surface area (Å²) in [5, 5.41) is 0. The fourth-order valence-electron chi connectivity index (χ4n) is 2.97. The summed E-state index contributed by atoms with van der Waals surface area (Å²) < 4.78 is 27.3. The highest BCUT2D eigenvalue weighted by Gasteiger charge is 2.32. The van der Waals surface area contributed by atoms with E-state index in [2.05, 4.69) is 6.92 Å². The van der Waals surface area contributed by atoms with E-state index < -0.39 is 10.0 Å². The van der Waals surface area contributed by atoms with Crippen molar-refractivity contribution >= 4 is 10.0 Å². The van der Waals surface area contributed by atoms with Gasteiger partial charge in [0.05, 0.1) is 4.90 Å². The molecule has 1 atom stereocenters. The molecule has 1 aliphatic rings. The summed E-state index contributed by atoms with van der Waals surface area (Å²) in [5.74, 6) is 0. The Bertz CT molecular complexity index is 540. The molecule has 0 saturated carbocycles. The zero-order valence-corrected chi connectivity index (χ0v) is 13.6. The zero-order chi connectivity index (χ0) is 15.3. The second-order valence-corrected chi connectivity index (χ2v) is 7.60. The zero-order valence-electron chi connectivity index (χ0n) is 12.8. The van der Waals surface area contributed by atoms with Crippen molar-refractivity contribution in [3.05, 3.63) is 29.8 Å². The van der Waals surface area contributed by atoms with E-state index in [0.29, 0.717) is 18.0 Å². The predicted octanol–water partition coefficient (Wildman–Crippen LogP) is 2.53. The minimum absolute atomic E-state index is 0.153. The standard InChI is InChI=1S/C16H26N2O2S/c1-2-15-7-3-4-13-18(15)21(19,20)16-10-8-14(9-11-16)6-5-12-17/h8-11,15H,2-7,12-13,17H2,1H3. The molecule has 0 bridgehead atoms. The maximum atomic E-state index is 12.8. The molecule has 0 aliphatic carbocycles. The van der Waals surface area contributed by atoms with Crippen LogP contribution in [0.3, 0.4) is 0 Å². The van der Waals surface area contributed by atoms with Gasteiger partial charge in [0.25, 0.3) is 0 Å². The smallest absolute Gasteiger partial charge is 0.243 e. The molecule has 5 heteroatoms. The third-order valence-electron chi connectivity index (χ3n) is 4.24. The number of nitrogens with zero attached hydrogens (tertiary/aromatic N) is 1. The minimum Gasteiger partial charge on any atom is -0.330 e. The number of rotatable bonds is 6. The molecule has 21 heavy (non-hydrogen) atoms. The fourth-order valence-corrected chi connectivity index (χ4v) is 4.74. The first kappa shape index (κ1) is 16.5. The molecule has 1 heterocycles. The Labute approximate surface area is 128 Å². The number of piperidine rings is 1. The molecule has 0 amide bonds. The maximum absolute atomic E-state index is 12.8. The van der Waals surface area contributed by atoms with Gasteiger partial charge < -0.3 is 5.73 Å². The minimum atomic E-state index is -3.35. The van der Waals surface area contributed by atoms with Crippen molar-refractivity contribution in [1.29, 1.82) is 0 Å². The summed E-state index contributed by atoms with van der Waals surface area (Å²) in [6, 6.07) is 7.45. The predicted molar refractivity (Wildman–Crippen MR) is 85.6 cm³/mol. The van der Waals surface area contributed by atoms with E-state index in [1.54, 1.807) is 16.4 Å². The summed E-state index contributed by atoms with van der Waals surface area (Å²) in [7, 11) is -3.35. The van der Waals surface area contributed by atoms with Gasteiger partial charge in [-0.25, -0.2) is 8.42 Å². The molecule has 4 nitrogen and oxygen atoms in total. The molecule has 118 valence electrons. The molecular weight excluding hydrogens is 284 g/mol. The molecule has 0 spiro atoms. The number of nitrogens with two attached hydrogens (primary N) is 1. The van der Waals surface area contributed by atoms with Crippen molar-refractivity contribution in [2.45, 2.75) is 56.4 Å². The quantitative estimate of drug-likeness (QED) is 0.878. The second-order valence-electron chi connectivity index (χ2n) is 5.71. The second kappa shape index (κ2) is 7.38. The molecule has 2 N–H and O–H groups in total. The van der Waals surface area contributed by atoms with Crippen LogP contribution >= 0.6 is 0 Å². The van der Waals surface area contributed by atoms with Gasteiger partial charge in [-0.2, -0.15) is 4.31 Å². The molecule has 1 aliphatic heterocycles. The van der Waals surface area contributed by atoms with Gasteiger partial charge in [-0.15, -0.1) is 0 Å². The molecule has 0 radical (unpaired) electrons. The molecule has 1 aromatic carbocycles. The van der Waals surface area contributed by atoms with Crippen molar-refractivity contribution in [1.82, 2.24) is 4.31 Å². The lowest BCUT2D eigenvalue weighted by Gasteiger charge is -2.34. The Kier molecular flexibility index (Phi) is 5.79. The van der Waals surface area contributed by atoms with E-state index in [4.69, 9.17) is 5.73 Å². The van der Waals surface area contributed by atoms with E-state index >= 15 is 0 Å². The van der Waals surface area contributed by atoms with Gasteiger partial charge in [0.15, 0.2) is 0 Å². The van der Waals surface area contributed by atoms with Crippen LogP contribution in [-0.4, -0.2) is 31.9 Å². The largest absolute Gasteiger partial charge is 0.330 e. The van der Waals surface area contributed by atoms with Crippen LogP contribution in [0.2, 0.25) is 0 Å². The first-order chi connectivity index (χ1) is 10.1. The first-order valence-electron chi connectivity index (χ1n) is 7.90. The SMILES string of the molecule is CCC1CCCCN1S(=O)(=O)c1ccc(CCCN)cc1. The van der Waals surface area contributed by atoms with Gasteiger partial charge in [-0.05, 0) is 56.3 Å². The maximum Gasteiger partial charge on any atom is 0.243 e. The van der Waals surface area contributed by atoms with Crippen LogP contribution in [0.1, 0.15) is 44.6 Å². The lowest BCUT2D eigenvalue weighted by atomic mass is 10.0. The van der Waals surface area contributed by atoms with Crippen molar-refractivity contribution < 1.29 is 8.42 Å². The van der Waals surface area contributed by atoms with Crippen LogP contribution in [0.5, 0.6) is 0 Å². The Morgan fingerprint density at radius 1 is 1.24 bits per heavy atom. The normalized spacial score (nSPS) is 20.6. The Hall–Kier alpha value is -0.910. The molecular formula is C16H26N2O2S. The lowest BCUT2D eigenvalue weighted by Crippen LogP contribution is -2.43. The van der Waals surface area contributed by atoms with Crippen molar-refractivity contribution in [3.8, 4) is 0 Å². The number of aryl methyl sites for hydroxylation is 1. The molecule has 1 aromatic rings. The summed E-state index contributed by atoms with van der Waals surface area (Å²) in [4.78, 5) is 0.416. The Morgan fingerprint density at radius 2 is 1.95 bits per heavy atom. The van der Waals surface area contributed by atoms with E-state index in [1.807, 2.05) is 12.1 Å². The van der Waals surface area contributed by atoms with Gasteiger partial charge >= 0.3 is 0 Å². The van der Waals surface area contributed by atoms with Crippen molar-refractivity contribution in [2.24, 2.45) is 5.73 Å².